The number of hydrogen-bond donors (Lipinski definition) is 0. The summed E-state index contributed by atoms with van der Waals surface area (Å²) < 4.78 is 17.2. The minimum absolute atomic E-state index is 0.0264. The van der Waals surface area contributed by atoms with Gasteiger partial charge in [0.05, 0.1) is 13.2 Å². The van der Waals surface area contributed by atoms with Gasteiger partial charge in [-0.3, -0.25) is 9.59 Å². The Labute approximate surface area is 356 Å². The molecule has 0 aliphatic heterocycles. The molecule has 0 radical (unpaired) electrons. The molecule has 0 amide bonds. The van der Waals surface area contributed by atoms with E-state index < -0.39 is 6.10 Å². The quantitative estimate of drug-likeness (QED) is 0.0351. The molecule has 0 aliphatic rings. The molecule has 0 N–H and O–H groups in total. The van der Waals surface area contributed by atoms with E-state index in [1.165, 1.54) is 19.3 Å². The second kappa shape index (κ2) is 47.7. The van der Waals surface area contributed by atoms with Crippen LogP contribution >= 0.6 is 0 Å². The van der Waals surface area contributed by atoms with Gasteiger partial charge in [0.2, 0.25) is 0 Å². The third kappa shape index (κ3) is 45.0. The van der Waals surface area contributed by atoms with Crippen LogP contribution in [0.4, 0.5) is 0 Å². The molecule has 58 heavy (non-hydrogen) atoms. The van der Waals surface area contributed by atoms with Crippen molar-refractivity contribution in [3.05, 3.63) is 122 Å². The molecular formula is C53H84O5. The third-order valence-electron chi connectivity index (χ3n) is 8.96. The van der Waals surface area contributed by atoms with Gasteiger partial charge in [-0.2, -0.15) is 0 Å². The molecule has 0 aromatic carbocycles. The monoisotopic (exact) mass is 801 g/mol. The number of rotatable bonds is 40. The Hall–Kier alpha value is -3.70. The molecule has 0 saturated heterocycles. The number of carbonyl (C=O) groups excluding carboxylic acids is 2. The smallest absolute Gasteiger partial charge is 0.306 e. The van der Waals surface area contributed by atoms with Gasteiger partial charge in [-0.05, 0) is 109 Å². The Morgan fingerprint density at radius 3 is 1.26 bits per heavy atom. The van der Waals surface area contributed by atoms with Crippen molar-refractivity contribution in [3.63, 3.8) is 0 Å². The van der Waals surface area contributed by atoms with Gasteiger partial charge in [-0.1, -0.05) is 174 Å². The first-order chi connectivity index (χ1) is 28.6. The van der Waals surface area contributed by atoms with Crippen molar-refractivity contribution >= 4 is 11.9 Å². The standard InChI is InChI=1S/C53H84O5/c1-4-7-10-13-16-19-22-25-26-27-30-33-36-39-42-45-48-56-49-51(58-53(55)47-44-41-38-35-32-29-24-21-18-15-12-9-6-3)50-57-52(54)46-43-40-37-34-31-28-23-20-17-14-11-8-5-2/h7-8,10-12,15-17,19-21,24-26,28,30-31,33,39,42,51H,4-6,9,13-14,18,22-23,27,29,32,34-38,40-41,43-50H2,1-3H3/b10-7-,11-8-,15-12-,19-16-,20-17-,24-21-,26-25-,31-28-,33-30-,42-39-. The van der Waals surface area contributed by atoms with Crippen LogP contribution in [0.25, 0.3) is 0 Å². The first-order valence-electron chi connectivity index (χ1n) is 23.1. The number of carbonyl (C=O) groups is 2. The molecular weight excluding hydrogens is 717 g/mol. The van der Waals surface area contributed by atoms with E-state index in [2.05, 4.69) is 142 Å². The normalized spacial score (nSPS) is 13.4. The molecule has 0 rings (SSSR count). The van der Waals surface area contributed by atoms with Gasteiger partial charge in [0, 0.05) is 12.8 Å². The van der Waals surface area contributed by atoms with Crippen LogP contribution in [-0.4, -0.2) is 37.9 Å². The molecule has 0 heterocycles. The maximum Gasteiger partial charge on any atom is 0.306 e. The van der Waals surface area contributed by atoms with E-state index in [0.29, 0.717) is 19.4 Å². The second-order valence-corrected chi connectivity index (χ2v) is 14.5. The highest BCUT2D eigenvalue weighted by atomic mass is 16.6. The van der Waals surface area contributed by atoms with E-state index in [9.17, 15) is 9.59 Å². The van der Waals surface area contributed by atoms with Gasteiger partial charge >= 0.3 is 11.9 Å². The highest BCUT2D eigenvalue weighted by molar-refractivity contribution is 5.70. The van der Waals surface area contributed by atoms with E-state index in [0.717, 1.165) is 122 Å². The summed E-state index contributed by atoms with van der Waals surface area (Å²) in [5, 5.41) is 0. The highest BCUT2D eigenvalue weighted by Crippen LogP contribution is 2.11. The molecule has 0 bridgehead atoms. The summed E-state index contributed by atoms with van der Waals surface area (Å²) >= 11 is 0. The number of ether oxygens (including phenoxy) is 3. The van der Waals surface area contributed by atoms with Crippen molar-refractivity contribution in [1.82, 2.24) is 0 Å². The molecule has 0 fully saturated rings. The average molecular weight is 801 g/mol. The van der Waals surface area contributed by atoms with Gasteiger partial charge in [-0.15, -0.1) is 0 Å². The van der Waals surface area contributed by atoms with Gasteiger partial charge in [0.15, 0.2) is 6.10 Å². The van der Waals surface area contributed by atoms with Crippen LogP contribution in [0.3, 0.4) is 0 Å². The SMILES string of the molecule is CC/C=C\C/C=C\C/C=C\C/C=C\C/C=C\CCOCC(COC(=O)CCCCC/C=C\C/C=C\C/C=C\CC)OC(=O)CCCCCCC/C=C\C/C=C\CCC. The fraction of sp³-hybridized carbons (Fsp3) is 0.585. The molecule has 0 saturated carbocycles. The summed E-state index contributed by atoms with van der Waals surface area (Å²) in [6, 6.07) is 0. The molecule has 5 nitrogen and oxygen atoms in total. The maximum absolute atomic E-state index is 12.7. The summed E-state index contributed by atoms with van der Waals surface area (Å²) in [7, 11) is 0. The predicted octanol–water partition coefficient (Wildman–Crippen LogP) is 15.4. The van der Waals surface area contributed by atoms with Crippen molar-refractivity contribution < 1.29 is 23.8 Å². The van der Waals surface area contributed by atoms with Crippen molar-refractivity contribution in [1.29, 1.82) is 0 Å². The number of hydrogen-bond acceptors (Lipinski definition) is 5. The molecule has 0 aliphatic carbocycles. The summed E-state index contributed by atoms with van der Waals surface area (Å²) in [6.07, 6.45) is 66.5. The molecule has 1 atom stereocenters. The van der Waals surface area contributed by atoms with Crippen LogP contribution in [0, 0.1) is 0 Å². The Balaban J connectivity index is 4.48. The summed E-state index contributed by atoms with van der Waals surface area (Å²) in [5.41, 5.74) is 0. The van der Waals surface area contributed by atoms with Crippen molar-refractivity contribution in [3.8, 4) is 0 Å². The van der Waals surface area contributed by atoms with Crippen LogP contribution in [0.5, 0.6) is 0 Å². The lowest BCUT2D eigenvalue weighted by Crippen LogP contribution is -2.30. The van der Waals surface area contributed by atoms with Crippen LogP contribution < -0.4 is 0 Å². The predicted molar refractivity (Wildman–Crippen MR) is 251 cm³/mol. The molecule has 5 heteroatoms. The van der Waals surface area contributed by atoms with E-state index in [1.54, 1.807) is 0 Å². The van der Waals surface area contributed by atoms with Gasteiger partial charge < -0.3 is 14.2 Å². The molecule has 0 spiro atoms. The zero-order chi connectivity index (χ0) is 42.1. The highest BCUT2D eigenvalue weighted by Gasteiger charge is 2.17. The van der Waals surface area contributed by atoms with Crippen LogP contribution in [0.1, 0.15) is 175 Å². The average Bonchev–Trinajstić information content (AvgIpc) is 3.22. The number of allylic oxidation sites excluding steroid dienone is 19. The number of unbranched alkanes of at least 4 members (excludes halogenated alkanes) is 9. The first-order valence-corrected chi connectivity index (χ1v) is 23.1. The Morgan fingerprint density at radius 1 is 0.397 bits per heavy atom. The lowest BCUT2D eigenvalue weighted by molar-refractivity contribution is -0.162. The van der Waals surface area contributed by atoms with E-state index >= 15 is 0 Å². The fourth-order valence-corrected chi connectivity index (χ4v) is 5.62. The number of esters is 2. The first kappa shape index (κ1) is 54.3. The van der Waals surface area contributed by atoms with Crippen molar-refractivity contribution in [2.24, 2.45) is 0 Å². The van der Waals surface area contributed by atoms with Gasteiger partial charge in [-0.25, -0.2) is 0 Å². The Morgan fingerprint density at radius 2 is 0.776 bits per heavy atom. The topological polar surface area (TPSA) is 61.8 Å². The largest absolute Gasteiger partial charge is 0.462 e. The van der Waals surface area contributed by atoms with Crippen molar-refractivity contribution in [2.45, 2.75) is 181 Å². The zero-order valence-corrected chi connectivity index (χ0v) is 37.3. The van der Waals surface area contributed by atoms with E-state index in [1.807, 2.05) is 0 Å². The molecule has 0 aromatic heterocycles. The van der Waals surface area contributed by atoms with Crippen molar-refractivity contribution in [2.75, 3.05) is 19.8 Å². The zero-order valence-electron chi connectivity index (χ0n) is 37.3. The Kier molecular flexibility index (Phi) is 44.6. The molecule has 1 unspecified atom stereocenters. The minimum atomic E-state index is -0.602. The van der Waals surface area contributed by atoms with Crippen LogP contribution in [-0.2, 0) is 23.8 Å². The lowest BCUT2D eigenvalue weighted by atomic mass is 10.1. The summed E-state index contributed by atoms with van der Waals surface area (Å²) in [4.78, 5) is 25.3. The molecule has 326 valence electrons. The van der Waals surface area contributed by atoms with E-state index in [4.69, 9.17) is 14.2 Å². The summed E-state index contributed by atoms with van der Waals surface area (Å²) in [5.74, 6) is -0.501. The third-order valence-corrected chi connectivity index (χ3v) is 8.96. The van der Waals surface area contributed by atoms with Gasteiger partial charge in [0.25, 0.3) is 0 Å². The van der Waals surface area contributed by atoms with E-state index in [-0.39, 0.29) is 25.2 Å². The van der Waals surface area contributed by atoms with Gasteiger partial charge in [0.1, 0.15) is 6.61 Å². The van der Waals surface area contributed by atoms with Crippen LogP contribution in [0.2, 0.25) is 0 Å². The fourth-order valence-electron chi connectivity index (χ4n) is 5.62. The minimum Gasteiger partial charge on any atom is -0.462 e. The molecule has 0 aromatic rings. The van der Waals surface area contributed by atoms with Crippen LogP contribution in [0.15, 0.2) is 122 Å². The lowest BCUT2D eigenvalue weighted by Gasteiger charge is -2.18. The maximum atomic E-state index is 12.7. The Bertz CT molecular complexity index is 1220. The second-order valence-electron chi connectivity index (χ2n) is 14.5. The summed E-state index contributed by atoms with van der Waals surface area (Å²) in [6.45, 7) is 7.25.